The SMILES string of the molecule is Cc1ccc(N)c(OCc2c(Cl)cccc2Cl)c1. The smallest absolute Gasteiger partial charge is 0.142 e. The van der Waals surface area contributed by atoms with Crippen molar-refractivity contribution in [3.63, 3.8) is 0 Å². The van der Waals surface area contributed by atoms with Crippen LogP contribution >= 0.6 is 23.2 Å². The van der Waals surface area contributed by atoms with Gasteiger partial charge in [-0.2, -0.15) is 0 Å². The van der Waals surface area contributed by atoms with Crippen molar-refractivity contribution < 1.29 is 4.74 Å². The Morgan fingerprint density at radius 1 is 1.11 bits per heavy atom. The summed E-state index contributed by atoms with van der Waals surface area (Å²) in [5, 5.41) is 1.18. The maximum absolute atomic E-state index is 6.07. The third-order valence-electron chi connectivity index (χ3n) is 2.60. The lowest BCUT2D eigenvalue weighted by Crippen LogP contribution is -2.00. The van der Waals surface area contributed by atoms with Crippen molar-refractivity contribution in [1.29, 1.82) is 0 Å². The summed E-state index contributed by atoms with van der Waals surface area (Å²) < 4.78 is 5.67. The molecule has 2 N–H and O–H groups in total. The maximum atomic E-state index is 6.07. The van der Waals surface area contributed by atoms with Crippen LogP contribution in [0.15, 0.2) is 36.4 Å². The lowest BCUT2D eigenvalue weighted by Gasteiger charge is -2.11. The zero-order chi connectivity index (χ0) is 13.1. The van der Waals surface area contributed by atoms with E-state index in [-0.39, 0.29) is 0 Å². The van der Waals surface area contributed by atoms with E-state index in [0.29, 0.717) is 28.1 Å². The Labute approximate surface area is 116 Å². The van der Waals surface area contributed by atoms with Gasteiger partial charge in [0, 0.05) is 15.6 Å². The molecule has 0 aliphatic carbocycles. The first-order valence-corrected chi connectivity index (χ1v) is 6.25. The van der Waals surface area contributed by atoms with Crippen molar-refractivity contribution in [3.8, 4) is 5.75 Å². The van der Waals surface area contributed by atoms with Crippen LogP contribution in [0.3, 0.4) is 0 Å². The third kappa shape index (κ3) is 2.89. The average molecular weight is 282 g/mol. The van der Waals surface area contributed by atoms with Gasteiger partial charge in [-0.25, -0.2) is 0 Å². The van der Waals surface area contributed by atoms with Crippen LogP contribution < -0.4 is 10.5 Å². The number of rotatable bonds is 3. The zero-order valence-corrected chi connectivity index (χ0v) is 11.4. The fourth-order valence-corrected chi connectivity index (χ4v) is 2.09. The Morgan fingerprint density at radius 2 is 1.78 bits per heavy atom. The van der Waals surface area contributed by atoms with E-state index in [4.69, 9.17) is 33.7 Å². The number of halogens is 2. The highest BCUT2D eigenvalue weighted by molar-refractivity contribution is 6.35. The van der Waals surface area contributed by atoms with Crippen molar-refractivity contribution in [2.45, 2.75) is 13.5 Å². The number of aryl methyl sites for hydroxylation is 1. The Kier molecular flexibility index (Phi) is 4.00. The molecule has 0 aliphatic heterocycles. The summed E-state index contributed by atoms with van der Waals surface area (Å²) in [6.45, 7) is 2.28. The molecule has 2 aromatic rings. The largest absolute Gasteiger partial charge is 0.487 e. The minimum absolute atomic E-state index is 0.298. The Balaban J connectivity index is 2.19. The van der Waals surface area contributed by atoms with Gasteiger partial charge in [0.2, 0.25) is 0 Å². The van der Waals surface area contributed by atoms with E-state index in [2.05, 4.69) is 0 Å². The molecule has 2 rings (SSSR count). The lowest BCUT2D eigenvalue weighted by atomic mass is 10.2. The predicted octanol–water partition coefficient (Wildman–Crippen LogP) is 4.46. The number of nitrogen functional groups attached to an aromatic ring is 1. The van der Waals surface area contributed by atoms with Crippen molar-refractivity contribution in [3.05, 3.63) is 57.6 Å². The van der Waals surface area contributed by atoms with Gasteiger partial charge in [0.25, 0.3) is 0 Å². The second kappa shape index (κ2) is 5.51. The standard InChI is InChI=1S/C14H13Cl2NO/c1-9-5-6-13(17)14(7-9)18-8-10-11(15)3-2-4-12(10)16/h2-7H,8,17H2,1H3. The molecule has 0 spiro atoms. The van der Waals surface area contributed by atoms with Crippen LogP contribution in [0.1, 0.15) is 11.1 Å². The Hall–Kier alpha value is -1.38. The highest BCUT2D eigenvalue weighted by Gasteiger charge is 2.07. The molecule has 2 nitrogen and oxygen atoms in total. The van der Waals surface area contributed by atoms with Crippen molar-refractivity contribution in [2.24, 2.45) is 0 Å². The molecule has 0 aliphatic rings. The van der Waals surface area contributed by atoms with Gasteiger partial charge in [-0.1, -0.05) is 35.3 Å². The van der Waals surface area contributed by atoms with Gasteiger partial charge in [0.15, 0.2) is 0 Å². The summed E-state index contributed by atoms with van der Waals surface area (Å²) in [7, 11) is 0. The molecule has 4 heteroatoms. The molecule has 18 heavy (non-hydrogen) atoms. The number of nitrogens with two attached hydrogens (primary N) is 1. The van der Waals surface area contributed by atoms with Gasteiger partial charge in [-0.3, -0.25) is 0 Å². The van der Waals surface area contributed by atoms with Gasteiger partial charge >= 0.3 is 0 Å². The van der Waals surface area contributed by atoms with Crippen molar-refractivity contribution >= 4 is 28.9 Å². The molecule has 0 saturated heterocycles. The Morgan fingerprint density at radius 3 is 2.44 bits per heavy atom. The third-order valence-corrected chi connectivity index (χ3v) is 3.31. The number of anilines is 1. The monoisotopic (exact) mass is 281 g/mol. The molecule has 0 bridgehead atoms. The van der Waals surface area contributed by atoms with E-state index < -0.39 is 0 Å². The summed E-state index contributed by atoms with van der Waals surface area (Å²) in [6.07, 6.45) is 0. The first kappa shape index (κ1) is 13.1. The van der Waals surface area contributed by atoms with Crippen molar-refractivity contribution in [1.82, 2.24) is 0 Å². The molecule has 0 atom stereocenters. The zero-order valence-electron chi connectivity index (χ0n) is 9.91. The highest BCUT2D eigenvalue weighted by Crippen LogP contribution is 2.28. The van der Waals surface area contributed by atoms with Gasteiger partial charge in [0.05, 0.1) is 5.69 Å². The van der Waals surface area contributed by atoms with E-state index >= 15 is 0 Å². The van der Waals surface area contributed by atoms with Crippen molar-refractivity contribution in [2.75, 3.05) is 5.73 Å². The van der Waals surface area contributed by atoms with Gasteiger partial charge in [-0.05, 0) is 36.8 Å². The van der Waals surface area contributed by atoms with E-state index in [9.17, 15) is 0 Å². The molecule has 0 aromatic heterocycles. The average Bonchev–Trinajstić information content (AvgIpc) is 2.33. The molecule has 0 radical (unpaired) electrons. The van der Waals surface area contributed by atoms with E-state index in [0.717, 1.165) is 11.1 Å². The lowest BCUT2D eigenvalue weighted by molar-refractivity contribution is 0.308. The molecule has 0 unspecified atom stereocenters. The number of ether oxygens (including phenoxy) is 1. The van der Waals surface area contributed by atoms with E-state index in [1.807, 2.05) is 25.1 Å². The predicted molar refractivity (Wildman–Crippen MR) is 76.4 cm³/mol. The maximum Gasteiger partial charge on any atom is 0.142 e. The molecule has 2 aromatic carbocycles. The molecule has 0 heterocycles. The summed E-state index contributed by atoms with van der Waals surface area (Å²) in [6, 6.07) is 11.0. The Bertz CT molecular complexity index is 549. The molecular formula is C14H13Cl2NO. The molecular weight excluding hydrogens is 269 g/mol. The van der Waals surface area contributed by atoms with E-state index in [1.165, 1.54) is 0 Å². The van der Waals surface area contributed by atoms with E-state index in [1.54, 1.807) is 18.2 Å². The first-order valence-electron chi connectivity index (χ1n) is 5.50. The fourth-order valence-electron chi connectivity index (χ4n) is 1.59. The van der Waals surface area contributed by atoms with Crippen LogP contribution in [0.4, 0.5) is 5.69 Å². The number of hydrogen-bond acceptors (Lipinski definition) is 2. The quantitative estimate of drug-likeness (QED) is 0.843. The number of benzene rings is 2. The van der Waals surface area contributed by atoms with Crippen LogP contribution in [0.5, 0.6) is 5.75 Å². The summed E-state index contributed by atoms with van der Waals surface area (Å²) in [5.74, 6) is 0.644. The molecule has 0 saturated carbocycles. The van der Waals surface area contributed by atoms with Gasteiger partial charge in [-0.15, -0.1) is 0 Å². The second-order valence-corrected chi connectivity index (χ2v) is 4.84. The molecule has 0 amide bonds. The highest BCUT2D eigenvalue weighted by atomic mass is 35.5. The molecule has 0 fully saturated rings. The summed E-state index contributed by atoms with van der Waals surface area (Å²) in [5.41, 5.74) is 8.29. The van der Waals surface area contributed by atoms with Crippen LogP contribution in [-0.4, -0.2) is 0 Å². The first-order chi connectivity index (χ1) is 8.58. The summed E-state index contributed by atoms with van der Waals surface area (Å²) in [4.78, 5) is 0. The second-order valence-electron chi connectivity index (χ2n) is 4.03. The van der Waals surface area contributed by atoms with Crippen LogP contribution in [0, 0.1) is 6.92 Å². The van der Waals surface area contributed by atoms with Crippen LogP contribution in [-0.2, 0) is 6.61 Å². The minimum atomic E-state index is 0.298. The molecule has 94 valence electrons. The fraction of sp³-hybridized carbons (Fsp3) is 0.143. The normalized spacial score (nSPS) is 10.4. The topological polar surface area (TPSA) is 35.2 Å². The van der Waals surface area contributed by atoms with Gasteiger partial charge in [0.1, 0.15) is 12.4 Å². The van der Waals surface area contributed by atoms with Crippen LogP contribution in [0.25, 0.3) is 0 Å². The summed E-state index contributed by atoms with van der Waals surface area (Å²) >= 11 is 12.1. The van der Waals surface area contributed by atoms with Gasteiger partial charge < -0.3 is 10.5 Å². The number of hydrogen-bond donors (Lipinski definition) is 1. The van der Waals surface area contributed by atoms with Crippen LogP contribution in [0.2, 0.25) is 10.0 Å². The minimum Gasteiger partial charge on any atom is -0.487 e.